The number of benzene rings is 1. The second-order valence-corrected chi connectivity index (χ2v) is 4.55. The molecular formula is C14H23NO2. The monoisotopic (exact) mass is 237 g/mol. The molecule has 1 aromatic rings. The fourth-order valence-corrected chi connectivity index (χ4v) is 1.65. The van der Waals surface area contributed by atoms with E-state index in [1.807, 2.05) is 12.1 Å². The van der Waals surface area contributed by atoms with Gasteiger partial charge in [-0.1, -0.05) is 26.0 Å². The number of hydrogen-bond donors (Lipinski definition) is 1. The molecule has 3 nitrogen and oxygen atoms in total. The van der Waals surface area contributed by atoms with Crippen molar-refractivity contribution >= 4 is 0 Å². The first kappa shape index (κ1) is 13.8. The highest BCUT2D eigenvalue weighted by atomic mass is 16.5. The van der Waals surface area contributed by atoms with Gasteiger partial charge in [0.2, 0.25) is 0 Å². The van der Waals surface area contributed by atoms with Crippen molar-refractivity contribution in [1.29, 1.82) is 0 Å². The summed E-state index contributed by atoms with van der Waals surface area (Å²) in [4.78, 5) is 0. The molecule has 1 aromatic carbocycles. The Hall–Kier alpha value is -1.22. The van der Waals surface area contributed by atoms with Gasteiger partial charge >= 0.3 is 0 Å². The Morgan fingerprint density at radius 2 is 2.06 bits per heavy atom. The molecule has 17 heavy (non-hydrogen) atoms. The highest BCUT2D eigenvalue weighted by Crippen LogP contribution is 2.32. The molecule has 3 heteroatoms. The first-order valence-corrected chi connectivity index (χ1v) is 6.17. The van der Waals surface area contributed by atoms with E-state index in [0.29, 0.717) is 19.1 Å². The molecule has 0 saturated heterocycles. The molecule has 0 aliphatic rings. The van der Waals surface area contributed by atoms with Crippen LogP contribution in [0.1, 0.15) is 25.8 Å². The zero-order valence-electron chi connectivity index (χ0n) is 11.0. The SMILES string of the molecule is COc1c(CCCN)cccc1OCC(C)C. The van der Waals surface area contributed by atoms with Crippen molar-refractivity contribution in [3.05, 3.63) is 23.8 Å². The first-order valence-electron chi connectivity index (χ1n) is 6.17. The zero-order valence-corrected chi connectivity index (χ0v) is 11.0. The van der Waals surface area contributed by atoms with E-state index in [1.54, 1.807) is 7.11 Å². The number of hydrogen-bond acceptors (Lipinski definition) is 3. The molecule has 0 unspecified atom stereocenters. The Kier molecular flexibility index (Phi) is 5.84. The van der Waals surface area contributed by atoms with E-state index in [1.165, 1.54) is 5.56 Å². The smallest absolute Gasteiger partial charge is 0.163 e. The van der Waals surface area contributed by atoms with Crippen molar-refractivity contribution in [2.24, 2.45) is 11.7 Å². The highest BCUT2D eigenvalue weighted by Gasteiger charge is 2.10. The van der Waals surface area contributed by atoms with E-state index >= 15 is 0 Å². The van der Waals surface area contributed by atoms with Crippen molar-refractivity contribution in [2.45, 2.75) is 26.7 Å². The summed E-state index contributed by atoms with van der Waals surface area (Å²) >= 11 is 0. The Bertz CT molecular complexity index is 337. The van der Waals surface area contributed by atoms with Gasteiger partial charge in [0, 0.05) is 0 Å². The first-order chi connectivity index (χ1) is 8.19. The minimum Gasteiger partial charge on any atom is -0.493 e. The molecule has 0 aliphatic carbocycles. The standard InChI is InChI=1S/C14H23NO2/c1-11(2)10-17-13-8-4-6-12(7-5-9-15)14(13)16-3/h4,6,8,11H,5,7,9-10,15H2,1-3H3. The molecule has 0 aromatic heterocycles. The van der Waals surface area contributed by atoms with E-state index in [9.17, 15) is 0 Å². The third-order valence-electron chi connectivity index (χ3n) is 2.49. The number of para-hydroxylation sites is 1. The number of rotatable bonds is 7. The molecule has 0 radical (unpaired) electrons. The zero-order chi connectivity index (χ0) is 12.7. The summed E-state index contributed by atoms with van der Waals surface area (Å²) in [5.41, 5.74) is 6.70. The van der Waals surface area contributed by atoms with E-state index in [2.05, 4.69) is 19.9 Å². The molecule has 0 bridgehead atoms. The summed E-state index contributed by atoms with van der Waals surface area (Å²) in [6.45, 7) is 5.66. The third-order valence-corrected chi connectivity index (χ3v) is 2.49. The molecular weight excluding hydrogens is 214 g/mol. The fraction of sp³-hybridized carbons (Fsp3) is 0.571. The Labute approximate surface area is 104 Å². The van der Waals surface area contributed by atoms with Gasteiger partial charge in [-0.05, 0) is 36.9 Å². The van der Waals surface area contributed by atoms with E-state index in [4.69, 9.17) is 15.2 Å². The highest BCUT2D eigenvalue weighted by molar-refractivity contribution is 5.46. The van der Waals surface area contributed by atoms with Crippen molar-refractivity contribution < 1.29 is 9.47 Å². The lowest BCUT2D eigenvalue weighted by Gasteiger charge is -2.15. The van der Waals surface area contributed by atoms with Gasteiger partial charge in [-0.3, -0.25) is 0 Å². The molecule has 0 amide bonds. The molecule has 0 saturated carbocycles. The van der Waals surface area contributed by atoms with Crippen LogP contribution < -0.4 is 15.2 Å². The Morgan fingerprint density at radius 1 is 1.29 bits per heavy atom. The quantitative estimate of drug-likeness (QED) is 0.793. The molecule has 2 N–H and O–H groups in total. The van der Waals surface area contributed by atoms with Crippen LogP contribution in [0.4, 0.5) is 0 Å². The van der Waals surface area contributed by atoms with Crippen LogP contribution in [0.5, 0.6) is 11.5 Å². The van der Waals surface area contributed by atoms with Gasteiger partial charge in [-0.2, -0.15) is 0 Å². The molecule has 1 rings (SSSR count). The minimum absolute atomic E-state index is 0.507. The number of aryl methyl sites for hydroxylation is 1. The maximum Gasteiger partial charge on any atom is 0.163 e. The van der Waals surface area contributed by atoms with Gasteiger partial charge < -0.3 is 15.2 Å². The molecule has 0 fully saturated rings. The van der Waals surface area contributed by atoms with Gasteiger partial charge in [0.05, 0.1) is 13.7 Å². The molecule has 0 spiro atoms. The van der Waals surface area contributed by atoms with E-state index < -0.39 is 0 Å². The predicted octanol–water partition coefficient (Wildman–Crippen LogP) is 2.62. The molecule has 0 aliphatic heterocycles. The normalized spacial score (nSPS) is 10.6. The van der Waals surface area contributed by atoms with Crippen LogP contribution in [0.25, 0.3) is 0 Å². The van der Waals surface area contributed by atoms with Gasteiger partial charge in [0.1, 0.15) is 0 Å². The lowest BCUT2D eigenvalue weighted by Crippen LogP contribution is -2.07. The van der Waals surface area contributed by atoms with Crippen molar-refractivity contribution in [2.75, 3.05) is 20.3 Å². The summed E-state index contributed by atoms with van der Waals surface area (Å²) in [5.74, 6) is 2.18. The lowest BCUT2D eigenvalue weighted by molar-refractivity contribution is 0.256. The maximum absolute atomic E-state index is 5.75. The van der Waals surface area contributed by atoms with Crippen LogP contribution in [0.15, 0.2) is 18.2 Å². The number of methoxy groups -OCH3 is 1. The van der Waals surface area contributed by atoms with Gasteiger partial charge in [-0.25, -0.2) is 0 Å². The van der Waals surface area contributed by atoms with Gasteiger partial charge in [0.25, 0.3) is 0 Å². The lowest BCUT2D eigenvalue weighted by atomic mass is 10.1. The maximum atomic E-state index is 5.75. The number of ether oxygens (including phenoxy) is 2. The van der Waals surface area contributed by atoms with Crippen LogP contribution in [0.3, 0.4) is 0 Å². The van der Waals surface area contributed by atoms with E-state index in [-0.39, 0.29) is 0 Å². The Balaban J connectivity index is 2.81. The van der Waals surface area contributed by atoms with Crippen molar-refractivity contribution in [3.63, 3.8) is 0 Å². The summed E-state index contributed by atoms with van der Waals surface area (Å²) in [6, 6.07) is 6.02. The largest absolute Gasteiger partial charge is 0.493 e. The summed E-state index contributed by atoms with van der Waals surface area (Å²) in [7, 11) is 1.68. The summed E-state index contributed by atoms with van der Waals surface area (Å²) in [6.07, 6.45) is 1.89. The van der Waals surface area contributed by atoms with Crippen LogP contribution in [-0.4, -0.2) is 20.3 Å². The second-order valence-electron chi connectivity index (χ2n) is 4.55. The fourth-order valence-electron chi connectivity index (χ4n) is 1.65. The predicted molar refractivity (Wildman–Crippen MR) is 70.7 cm³/mol. The van der Waals surface area contributed by atoms with Gasteiger partial charge in [-0.15, -0.1) is 0 Å². The molecule has 0 atom stereocenters. The molecule has 0 heterocycles. The topological polar surface area (TPSA) is 44.5 Å². The van der Waals surface area contributed by atoms with Crippen molar-refractivity contribution in [1.82, 2.24) is 0 Å². The van der Waals surface area contributed by atoms with Crippen LogP contribution in [0.2, 0.25) is 0 Å². The van der Waals surface area contributed by atoms with E-state index in [0.717, 1.165) is 24.3 Å². The minimum atomic E-state index is 0.507. The Morgan fingerprint density at radius 3 is 2.65 bits per heavy atom. The van der Waals surface area contributed by atoms with Crippen molar-refractivity contribution in [3.8, 4) is 11.5 Å². The second kappa shape index (κ2) is 7.17. The molecule has 96 valence electrons. The van der Waals surface area contributed by atoms with Gasteiger partial charge in [0.15, 0.2) is 11.5 Å². The summed E-state index contributed by atoms with van der Waals surface area (Å²) < 4.78 is 11.2. The van der Waals surface area contributed by atoms with Crippen LogP contribution >= 0.6 is 0 Å². The number of nitrogens with two attached hydrogens (primary N) is 1. The average Bonchev–Trinajstić information content (AvgIpc) is 2.33. The van der Waals surface area contributed by atoms with Crippen LogP contribution in [0, 0.1) is 5.92 Å². The summed E-state index contributed by atoms with van der Waals surface area (Å²) in [5, 5.41) is 0. The van der Waals surface area contributed by atoms with Crippen LogP contribution in [-0.2, 0) is 6.42 Å². The third kappa shape index (κ3) is 4.27. The average molecular weight is 237 g/mol.